The Morgan fingerprint density at radius 3 is 1.70 bits per heavy atom. The topological polar surface area (TPSA) is 528 Å². The van der Waals surface area contributed by atoms with Crippen LogP contribution in [0, 0.1) is 23.2 Å². The van der Waals surface area contributed by atoms with Crippen LogP contribution >= 0.6 is 0 Å². The van der Waals surface area contributed by atoms with Gasteiger partial charge in [-0.25, -0.2) is 9.97 Å². The van der Waals surface area contributed by atoms with Crippen molar-refractivity contribution in [1.29, 1.82) is 5.41 Å². The maximum absolute atomic E-state index is 15.0. The van der Waals surface area contributed by atoms with Crippen molar-refractivity contribution in [3.05, 3.63) is 119 Å². The molecular formula is C92H139N21O15. The summed E-state index contributed by atoms with van der Waals surface area (Å²) in [5.41, 5.74) is 14.0. The third kappa shape index (κ3) is 37.1. The van der Waals surface area contributed by atoms with E-state index in [2.05, 4.69) is 85.3 Å². The Morgan fingerprint density at radius 1 is 0.539 bits per heavy atom. The van der Waals surface area contributed by atoms with E-state index in [-0.39, 0.29) is 136 Å². The number of H-pyrrole nitrogens is 2. The predicted molar refractivity (Wildman–Crippen MR) is 490 cm³/mol. The maximum Gasteiger partial charge on any atom is 0.261 e. The second-order valence-electron chi connectivity index (χ2n) is 34.2. The number of hydrogen-bond acceptors (Lipinski definition) is 19. The van der Waals surface area contributed by atoms with Crippen LogP contribution in [0.3, 0.4) is 0 Å². The first kappa shape index (κ1) is 103. The fourth-order valence-corrected chi connectivity index (χ4v) is 15.1. The van der Waals surface area contributed by atoms with E-state index in [1.54, 1.807) is 32.2 Å². The minimum atomic E-state index is -1.65. The number of ether oxygens (including phenoxy) is 1. The highest BCUT2D eigenvalue weighted by Gasteiger charge is 2.36. The molecule has 19 N–H and O–H groups in total. The number of nitrogens with one attached hydrogen (secondary N) is 14. The van der Waals surface area contributed by atoms with E-state index in [4.69, 9.17) is 21.6 Å². The number of anilines is 1. The quantitative estimate of drug-likeness (QED) is 0.0130. The Balaban J connectivity index is 0.895. The Hall–Kier alpha value is -12.0. The number of phenolic OH excluding ortho intramolecular Hbond substituents is 1. The van der Waals surface area contributed by atoms with Crippen LogP contribution in [0.25, 0.3) is 21.8 Å². The zero-order valence-corrected chi connectivity index (χ0v) is 75.7. The number of benzene rings is 3. The summed E-state index contributed by atoms with van der Waals surface area (Å²) in [5, 5.41) is 49.4. The number of nitrogens with zero attached hydrogens (tertiary/aromatic N) is 5. The number of fused-ring (bicyclic) bond motifs is 2. The molecule has 0 unspecified atom stereocenters. The number of carbonyl (C=O) groups excluding carboxylic acids is 12. The van der Waals surface area contributed by atoms with Gasteiger partial charge in [0.2, 0.25) is 70.9 Å². The summed E-state index contributed by atoms with van der Waals surface area (Å²) < 4.78 is 6.66. The molecule has 0 radical (unpaired) electrons. The Morgan fingerprint density at radius 2 is 1.09 bits per heavy atom. The zero-order valence-electron chi connectivity index (χ0n) is 75.7. The molecule has 0 saturated carbocycles. The average molecular weight is 1780 g/mol. The van der Waals surface area contributed by atoms with Gasteiger partial charge in [-0.15, -0.1) is 0 Å². The van der Waals surface area contributed by atoms with Gasteiger partial charge in [-0.3, -0.25) is 72.3 Å². The van der Waals surface area contributed by atoms with Crippen molar-refractivity contribution in [1.82, 2.24) is 87.9 Å². The number of nitrogens with two attached hydrogens (primary N) is 2. The Kier molecular flexibility index (Phi) is 44.8. The van der Waals surface area contributed by atoms with E-state index in [1.165, 1.54) is 107 Å². The number of guanidine groups is 1. The number of primary amides is 1. The number of aromatic amines is 2. The Bertz CT molecular complexity index is 4600. The van der Waals surface area contributed by atoms with Gasteiger partial charge in [-0.05, 0) is 105 Å². The van der Waals surface area contributed by atoms with Crippen LogP contribution in [0.4, 0.5) is 5.69 Å². The van der Waals surface area contributed by atoms with Gasteiger partial charge in [-0.2, -0.15) is 0 Å². The van der Waals surface area contributed by atoms with Crippen molar-refractivity contribution >= 4 is 104 Å². The lowest BCUT2D eigenvalue weighted by Crippen LogP contribution is -2.61. The summed E-state index contributed by atoms with van der Waals surface area (Å²) in [7, 11) is 0. The molecule has 3 aromatic heterocycles. The van der Waals surface area contributed by atoms with Crippen molar-refractivity contribution in [2.75, 3.05) is 70.5 Å². The molecule has 1 saturated heterocycles. The largest absolute Gasteiger partial charge is 0.508 e. The van der Waals surface area contributed by atoms with Gasteiger partial charge >= 0.3 is 0 Å². The molecule has 3 aromatic carbocycles. The summed E-state index contributed by atoms with van der Waals surface area (Å²) in [6, 6.07) is 9.28. The molecule has 36 heteroatoms. The van der Waals surface area contributed by atoms with E-state index in [9.17, 15) is 62.6 Å². The molecule has 36 nitrogen and oxygen atoms in total. The molecular weight excluding hydrogens is 1640 g/mol. The molecule has 6 aromatic rings. The van der Waals surface area contributed by atoms with Gasteiger partial charge in [0.25, 0.3) is 5.56 Å². The van der Waals surface area contributed by atoms with Crippen molar-refractivity contribution in [3.63, 3.8) is 0 Å². The predicted octanol–water partition coefficient (Wildman–Crippen LogP) is 5.37. The van der Waals surface area contributed by atoms with Gasteiger partial charge in [0.15, 0.2) is 5.96 Å². The van der Waals surface area contributed by atoms with Crippen LogP contribution in [0.15, 0.2) is 96.6 Å². The number of hydrogen-bond donors (Lipinski definition) is 17. The van der Waals surface area contributed by atoms with Crippen LogP contribution in [0.1, 0.15) is 213 Å². The highest BCUT2D eigenvalue weighted by atomic mass is 16.5. The number of rotatable bonds is 60. The number of piperazine rings is 1. The van der Waals surface area contributed by atoms with Crippen LogP contribution in [-0.4, -0.2) is 219 Å². The summed E-state index contributed by atoms with van der Waals surface area (Å²) in [6.07, 6.45) is 23.3. The van der Waals surface area contributed by atoms with Gasteiger partial charge in [0.05, 0.1) is 43.2 Å². The number of para-hydroxylation sites is 1. The van der Waals surface area contributed by atoms with Crippen LogP contribution in [0.2, 0.25) is 0 Å². The van der Waals surface area contributed by atoms with E-state index in [0.29, 0.717) is 99.6 Å². The molecule has 128 heavy (non-hydrogen) atoms. The molecule has 12 amide bonds. The van der Waals surface area contributed by atoms with Gasteiger partial charge in [0.1, 0.15) is 48.5 Å². The van der Waals surface area contributed by atoms with Gasteiger partial charge in [-0.1, -0.05) is 155 Å². The minimum Gasteiger partial charge on any atom is -0.508 e. The zero-order chi connectivity index (χ0) is 92.9. The second kappa shape index (κ2) is 55.6. The molecule has 8 atom stereocenters. The number of amides is 12. The molecule has 7 rings (SSSR count). The van der Waals surface area contributed by atoms with Crippen LogP contribution in [-0.2, 0) is 88.1 Å². The molecule has 1 fully saturated rings. The lowest BCUT2D eigenvalue weighted by molar-refractivity contribution is -0.136. The Labute approximate surface area is 750 Å². The van der Waals surface area contributed by atoms with E-state index >= 15 is 4.79 Å². The SMILES string of the molecule is CCCCCCCCCCCCCCCC(=O)NCCOCCNC(=O)CCC(=O)NCCCC[C@H](C)C(=O)N1CCN(c2ccc3ncn(CC(=O)N[C@@H](CCCNC(=N)N)C(=O)N[C@@H](Cc4cnc[nH]4)C(=O)N[C@@H](Cc4ccc(O)cc4)C(=O)N[C@@H](CC(C)C)C(=O)N[C@@H](CC(N)=O)C(=O)N[C@@H](Cc4c[nH]c5ccccc45)C(=O)N[C@H](C)C(C)C)c(=O)c3c2)CC1. The van der Waals surface area contributed by atoms with Crippen molar-refractivity contribution in [3.8, 4) is 5.75 Å². The summed E-state index contributed by atoms with van der Waals surface area (Å²) in [4.78, 5) is 199. The lowest BCUT2D eigenvalue weighted by atomic mass is 9.99. The monoisotopic (exact) mass is 1780 g/mol. The number of unbranched alkanes of at least 4 members (excludes halogenated alkanes) is 13. The highest BCUT2D eigenvalue weighted by molar-refractivity contribution is 5.99. The van der Waals surface area contributed by atoms with E-state index in [0.717, 1.165) is 34.7 Å². The van der Waals surface area contributed by atoms with Crippen LogP contribution < -0.4 is 80.4 Å². The minimum absolute atomic E-state index is 0.00111. The fourth-order valence-electron chi connectivity index (χ4n) is 15.1. The molecule has 0 bridgehead atoms. The maximum atomic E-state index is 15.0. The van der Waals surface area contributed by atoms with E-state index < -0.39 is 102 Å². The molecule has 0 aliphatic carbocycles. The third-order valence-corrected chi connectivity index (χ3v) is 22.8. The first-order chi connectivity index (χ1) is 61.4. The summed E-state index contributed by atoms with van der Waals surface area (Å²) in [6.45, 7) is 16.2. The molecule has 702 valence electrons. The van der Waals surface area contributed by atoms with Gasteiger partial charge in [0, 0.05) is 138 Å². The molecule has 1 aliphatic heterocycles. The van der Waals surface area contributed by atoms with Crippen LogP contribution in [0.5, 0.6) is 5.75 Å². The number of imidazole rings is 1. The van der Waals surface area contributed by atoms with Crippen molar-refractivity contribution in [2.24, 2.45) is 29.2 Å². The molecule has 4 heterocycles. The summed E-state index contributed by atoms with van der Waals surface area (Å²) >= 11 is 0. The number of aromatic nitrogens is 5. The first-order valence-electron chi connectivity index (χ1n) is 45.6. The normalized spacial score (nSPS) is 14.0. The number of phenols is 1. The van der Waals surface area contributed by atoms with Crippen molar-refractivity contribution in [2.45, 2.75) is 264 Å². The molecule has 1 aliphatic rings. The standard InChI is InChI=1S/C92H139N21O15/c1-8-9-10-11-12-13-14-15-16-17-18-19-20-30-80(116)98-41-47-128-48-42-99-82(118)38-37-81(117)97-39-24-23-26-62(6)90(126)112-45-43-111(44-46-112)67-33-36-72-70(53-67)91(127)113(59-103-72)57-83(119)105-73(29-25-40-100-92(94)95)84(120)109-77(52-66-56-96-58-102-66)88(124)107-75(50-64-31-34-68(114)35-32-64)87(123)106-74(49-60(2)3)86(122)110-78(54-79(93)115)89(125)108-76(85(121)104-63(7)61(4)5)51-65-55-101-71-28-22-21-27-69(65)71/h21-22,27-28,31-36,53,55-56,58-63,73-78,101,114H,8-20,23-26,29-30,37-52,54,57H2,1-7H3,(H2,93,115)(H,96,102)(H,97,117)(H,98,116)(H,99,118)(H,104,121)(H,105,119)(H,106,123)(H,107,124)(H,108,125)(H,109,120)(H,110,122)(H4,94,95,100)/t62-,63+,73-,74-,75-,76-,77-,78-/m0/s1. The van der Waals surface area contributed by atoms with E-state index in [1.807, 2.05) is 67.8 Å². The highest BCUT2D eigenvalue weighted by Crippen LogP contribution is 2.25. The van der Waals surface area contributed by atoms with Gasteiger partial charge < -0.3 is 99.6 Å². The number of carbonyl (C=O) groups is 12. The van der Waals surface area contributed by atoms with Crippen molar-refractivity contribution < 1.29 is 67.4 Å². The number of aromatic hydroxyl groups is 1. The first-order valence-corrected chi connectivity index (χ1v) is 45.6. The smallest absolute Gasteiger partial charge is 0.261 e. The average Bonchev–Trinajstić information content (AvgIpc) is 0.992. The molecule has 0 spiro atoms. The summed E-state index contributed by atoms with van der Waals surface area (Å²) in [5.74, 6) is -8.34. The lowest BCUT2D eigenvalue weighted by Gasteiger charge is -2.37. The third-order valence-electron chi connectivity index (χ3n) is 22.8. The fraction of sp³-hybridized carbons (Fsp3) is 0.587. The second-order valence-corrected chi connectivity index (χ2v) is 34.2.